The Morgan fingerprint density at radius 1 is 0.929 bits per heavy atom. The Hall–Kier alpha value is -2.83. The number of phenols is 1. The largest absolute Gasteiger partial charge is 0.508 e. The number of nitrogens with one attached hydrogen (secondary N) is 1. The van der Waals surface area contributed by atoms with Crippen molar-refractivity contribution in [2.75, 3.05) is 5.32 Å². The average Bonchev–Trinajstić information content (AvgIpc) is 3.13. The molecule has 4 aromatic rings. The van der Waals surface area contributed by atoms with Crippen molar-refractivity contribution >= 4 is 33.3 Å². The van der Waals surface area contributed by atoms with Crippen LogP contribution in [-0.4, -0.2) is 20.1 Å². The van der Waals surface area contributed by atoms with Crippen LogP contribution in [0.2, 0.25) is 5.02 Å². The number of hydrogen-bond acceptors (Lipinski definition) is 4. The van der Waals surface area contributed by atoms with Crippen molar-refractivity contribution in [1.29, 1.82) is 0 Å². The van der Waals surface area contributed by atoms with Crippen LogP contribution in [0.25, 0.3) is 16.9 Å². The Bertz CT molecular complexity index is 1080. The van der Waals surface area contributed by atoms with Gasteiger partial charge >= 0.3 is 0 Å². The fraction of sp³-hybridized carbons (Fsp3) is 0.0476. The third-order valence-electron chi connectivity index (χ3n) is 4.26. The van der Waals surface area contributed by atoms with E-state index in [1.807, 2.05) is 54.6 Å². The minimum Gasteiger partial charge on any atom is -0.508 e. The minimum absolute atomic E-state index is 0.198. The standard InChI is InChI=1S/C21H16BrClN4O/c22-20(17-8-4-5-9-18(17)28)24-21-19(14-6-2-1-3-7-14)25-26-27(21)16-12-10-15(23)11-13-16/h1-13,20,24,28H. The molecule has 0 amide bonds. The second-order valence-electron chi connectivity index (χ2n) is 6.11. The van der Waals surface area contributed by atoms with Crippen LogP contribution in [0.5, 0.6) is 5.75 Å². The molecule has 1 heterocycles. The zero-order valence-electron chi connectivity index (χ0n) is 14.6. The first-order valence-electron chi connectivity index (χ1n) is 8.59. The molecule has 0 fully saturated rings. The first-order chi connectivity index (χ1) is 13.6. The number of phenolic OH excluding ortho intramolecular Hbond substituents is 1. The normalized spacial score (nSPS) is 11.9. The van der Waals surface area contributed by atoms with Crippen molar-refractivity contribution < 1.29 is 5.11 Å². The van der Waals surface area contributed by atoms with Crippen LogP contribution >= 0.6 is 27.5 Å². The lowest BCUT2D eigenvalue weighted by Gasteiger charge is -2.17. The highest BCUT2D eigenvalue weighted by Crippen LogP contribution is 2.35. The number of rotatable bonds is 5. The molecule has 3 aromatic carbocycles. The predicted molar refractivity (Wildman–Crippen MR) is 115 cm³/mol. The summed E-state index contributed by atoms with van der Waals surface area (Å²) in [6, 6.07) is 24.3. The summed E-state index contributed by atoms with van der Waals surface area (Å²) in [5.41, 5.74) is 3.17. The summed E-state index contributed by atoms with van der Waals surface area (Å²) < 4.78 is 1.72. The van der Waals surface area contributed by atoms with Crippen molar-refractivity contribution in [2.24, 2.45) is 0 Å². The van der Waals surface area contributed by atoms with Gasteiger partial charge in [-0.05, 0) is 30.3 Å². The molecule has 0 aliphatic heterocycles. The number of para-hydroxylation sites is 1. The number of hydrogen-bond donors (Lipinski definition) is 2. The zero-order valence-corrected chi connectivity index (χ0v) is 17.0. The maximum atomic E-state index is 10.2. The van der Waals surface area contributed by atoms with E-state index in [9.17, 15) is 5.11 Å². The smallest absolute Gasteiger partial charge is 0.159 e. The topological polar surface area (TPSA) is 63.0 Å². The van der Waals surface area contributed by atoms with Crippen LogP contribution in [0.3, 0.4) is 0 Å². The molecule has 1 aromatic heterocycles. The van der Waals surface area contributed by atoms with E-state index in [-0.39, 0.29) is 10.7 Å². The Morgan fingerprint density at radius 3 is 2.32 bits per heavy atom. The lowest BCUT2D eigenvalue weighted by Crippen LogP contribution is -2.10. The lowest BCUT2D eigenvalue weighted by atomic mass is 10.1. The van der Waals surface area contributed by atoms with E-state index < -0.39 is 0 Å². The average molecular weight is 456 g/mol. The van der Waals surface area contributed by atoms with Gasteiger partial charge in [0.15, 0.2) is 5.82 Å². The highest BCUT2D eigenvalue weighted by atomic mass is 79.9. The summed E-state index contributed by atoms with van der Waals surface area (Å²) in [4.78, 5) is -0.347. The van der Waals surface area contributed by atoms with E-state index >= 15 is 0 Å². The van der Waals surface area contributed by atoms with Gasteiger partial charge in [-0.2, -0.15) is 4.68 Å². The molecule has 0 aliphatic carbocycles. The van der Waals surface area contributed by atoms with Crippen molar-refractivity contribution in [3.8, 4) is 22.7 Å². The van der Waals surface area contributed by atoms with Crippen molar-refractivity contribution in [1.82, 2.24) is 15.0 Å². The van der Waals surface area contributed by atoms with E-state index in [4.69, 9.17) is 11.6 Å². The molecule has 0 aliphatic rings. The summed E-state index contributed by atoms with van der Waals surface area (Å²) in [6.45, 7) is 0. The van der Waals surface area contributed by atoms with Crippen LogP contribution in [0.1, 0.15) is 10.5 Å². The van der Waals surface area contributed by atoms with Crippen LogP contribution in [-0.2, 0) is 0 Å². The highest BCUT2D eigenvalue weighted by molar-refractivity contribution is 9.09. The van der Waals surface area contributed by atoms with Crippen LogP contribution in [0.4, 0.5) is 5.82 Å². The second kappa shape index (κ2) is 8.04. The number of nitrogens with zero attached hydrogens (tertiary/aromatic N) is 3. The van der Waals surface area contributed by atoms with E-state index in [0.717, 1.165) is 11.3 Å². The maximum Gasteiger partial charge on any atom is 0.159 e. The summed E-state index contributed by atoms with van der Waals surface area (Å²) >= 11 is 9.65. The van der Waals surface area contributed by atoms with Gasteiger partial charge in [-0.3, -0.25) is 0 Å². The Morgan fingerprint density at radius 2 is 1.61 bits per heavy atom. The third kappa shape index (κ3) is 3.74. The van der Waals surface area contributed by atoms with Gasteiger partial charge in [-0.25, -0.2) is 0 Å². The summed E-state index contributed by atoms with van der Waals surface area (Å²) in [7, 11) is 0. The van der Waals surface area contributed by atoms with Gasteiger partial charge in [-0.1, -0.05) is 81.3 Å². The number of aromatic hydroxyl groups is 1. The van der Waals surface area contributed by atoms with Gasteiger partial charge < -0.3 is 10.4 Å². The molecule has 0 spiro atoms. The molecule has 0 saturated heterocycles. The Balaban J connectivity index is 1.79. The van der Waals surface area contributed by atoms with E-state index in [1.54, 1.807) is 28.9 Å². The molecule has 1 unspecified atom stereocenters. The molecule has 5 nitrogen and oxygen atoms in total. The molecular formula is C21H16BrClN4O. The Labute approximate surface area is 175 Å². The number of aromatic nitrogens is 3. The summed E-state index contributed by atoms with van der Waals surface area (Å²) in [5.74, 6) is 0.891. The van der Waals surface area contributed by atoms with Gasteiger partial charge in [0.25, 0.3) is 0 Å². The van der Waals surface area contributed by atoms with Crippen LogP contribution in [0.15, 0.2) is 78.9 Å². The number of benzene rings is 3. The quantitative estimate of drug-likeness (QED) is 0.295. The van der Waals surface area contributed by atoms with E-state index in [1.165, 1.54) is 0 Å². The van der Waals surface area contributed by atoms with Crippen LogP contribution < -0.4 is 5.32 Å². The second-order valence-corrected chi connectivity index (χ2v) is 7.46. The fourth-order valence-corrected chi connectivity index (χ4v) is 3.59. The minimum atomic E-state index is -0.347. The maximum absolute atomic E-state index is 10.2. The zero-order chi connectivity index (χ0) is 19.5. The first kappa shape index (κ1) is 18.5. The molecule has 0 radical (unpaired) electrons. The highest BCUT2D eigenvalue weighted by Gasteiger charge is 2.20. The van der Waals surface area contributed by atoms with E-state index in [2.05, 4.69) is 31.6 Å². The van der Waals surface area contributed by atoms with E-state index in [0.29, 0.717) is 22.1 Å². The number of anilines is 1. The van der Waals surface area contributed by atoms with Gasteiger partial charge in [0.2, 0.25) is 0 Å². The van der Waals surface area contributed by atoms with Crippen LogP contribution in [0, 0.1) is 0 Å². The molecule has 140 valence electrons. The third-order valence-corrected chi connectivity index (χ3v) is 5.24. The van der Waals surface area contributed by atoms with Gasteiger partial charge in [0, 0.05) is 16.1 Å². The van der Waals surface area contributed by atoms with Crippen molar-refractivity contribution in [3.05, 3.63) is 89.4 Å². The van der Waals surface area contributed by atoms with Crippen molar-refractivity contribution in [2.45, 2.75) is 4.95 Å². The number of halogens is 2. The summed E-state index contributed by atoms with van der Waals surface area (Å²) in [6.07, 6.45) is 0. The molecule has 1 atom stereocenters. The fourth-order valence-electron chi connectivity index (χ4n) is 2.86. The molecular weight excluding hydrogens is 440 g/mol. The predicted octanol–water partition coefficient (Wildman–Crippen LogP) is 5.80. The van der Waals surface area contributed by atoms with Gasteiger partial charge in [0.1, 0.15) is 16.4 Å². The van der Waals surface area contributed by atoms with Gasteiger partial charge in [0.05, 0.1) is 5.69 Å². The molecule has 0 bridgehead atoms. The first-order valence-corrected chi connectivity index (χ1v) is 9.88. The molecule has 2 N–H and O–H groups in total. The van der Waals surface area contributed by atoms with Crippen molar-refractivity contribution in [3.63, 3.8) is 0 Å². The monoisotopic (exact) mass is 454 g/mol. The van der Waals surface area contributed by atoms with Gasteiger partial charge in [-0.15, -0.1) is 5.10 Å². The SMILES string of the molecule is Oc1ccccc1C(Br)Nc1c(-c2ccccc2)nnn1-c1ccc(Cl)cc1. The molecule has 7 heteroatoms. The number of alkyl halides is 1. The lowest BCUT2D eigenvalue weighted by molar-refractivity contribution is 0.469. The molecule has 0 saturated carbocycles. The Kier molecular flexibility index (Phi) is 5.32. The summed E-state index contributed by atoms with van der Waals surface area (Å²) in [5, 5.41) is 23.0. The molecule has 4 rings (SSSR count). The molecule has 28 heavy (non-hydrogen) atoms.